The van der Waals surface area contributed by atoms with Gasteiger partial charge in [0.05, 0.1) is 0 Å². The van der Waals surface area contributed by atoms with Gasteiger partial charge in [0.15, 0.2) is 5.78 Å². The molecule has 123 valence electrons. The summed E-state index contributed by atoms with van der Waals surface area (Å²) < 4.78 is 5.90. The van der Waals surface area contributed by atoms with E-state index in [0.717, 1.165) is 11.1 Å². The molecular formula is C19H20NO3Y-. The molecule has 4 nitrogen and oxygen atoms in total. The molecule has 24 heavy (non-hydrogen) atoms. The van der Waals surface area contributed by atoms with E-state index in [2.05, 4.69) is 6.07 Å². The van der Waals surface area contributed by atoms with E-state index >= 15 is 0 Å². The van der Waals surface area contributed by atoms with E-state index in [-0.39, 0.29) is 44.4 Å². The van der Waals surface area contributed by atoms with Gasteiger partial charge >= 0.3 is 0 Å². The summed E-state index contributed by atoms with van der Waals surface area (Å²) in [6.07, 6.45) is 0. The van der Waals surface area contributed by atoms with E-state index in [1.54, 1.807) is 36.2 Å². The predicted molar refractivity (Wildman–Crippen MR) is 88.7 cm³/mol. The van der Waals surface area contributed by atoms with Gasteiger partial charge in [-0.3, -0.25) is 9.59 Å². The minimum Gasteiger partial charge on any atom is -0.516 e. The average molecular weight is 399 g/mol. The van der Waals surface area contributed by atoms with Gasteiger partial charge in [-0.15, -0.1) is 12.1 Å². The Hall–Kier alpha value is -1.52. The van der Waals surface area contributed by atoms with Crippen molar-refractivity contribution in [3.63, 3.8) is 0 Å². The number of nitrogens with zero attached hydrogens (tertiary/aromatic N) is 1. The zero-order valence-electron chi connectivity index (χ0n) is 14.4. The summed E-state index contributed by atoms with van der Waals surface area (Å²) in [5.41, 5.74) is 2.41. The number of rotatable bonds is 5. The van der Waals surface area contributed by atoms with Crippen molar-refractivity contribution in [2.24, 2.45) is 0 Å². The maximum absolute atomic E-state index is 11.6. The van der Waals surface area contributed by atoms with Gasteiger partial charge in [-0.1, -0.05) is 6.92 Å². The Morgan fingerprint density at radius 1 is 1.17 bits per heavy atom. The molecule has 0 unspecified atom stereocenters. The van der Waals surface area contributed by atoms with Gasteiger partial charge in [0.2, 0.25) is 5.91 Å². The molecule has 2 aromatic rings. The Morgan fingerprint density at radius 2 is 1.88 bits per heavy atom. The van der Waals surface area contributed by atoms with Gasteiger partial charge in [-0.05, 0) is 25.1 Å². The summed E-state index contributed by atoms with van der Waals surface area (Å²) in [6.45, 7) is 5.35. The van der Waals surface area contributed by atoms with Crippen LogP contribution in [0.25, 0.3) is 0 Å². The summed E-state index contributed by atoms with van der Waals surface area (Å²) in [5.74, 6) is 1.22. The number of benzene rings is 2. The summed E-state index contributed by atoms with van der Waals surface area (Å²) >= 11 is 0. The van der Waals surface area contributed by atoms with Crippen LogP contribution < -0.4 is 4.74 Å². The van der Waals surface area contributed by atoms with Crippen LogP contribution in [0.2, 0.25) is 0 Å². The van der Waals surface area contributed by atoms with Gasteiger partial charge < -0.3 is 9.64 Å². The summed E-state index contributed by atoms with van der Waals surface area (Å²) in [7, 11) is 1.71. The average Bonchev–Trinajstić information content (AvgIpc) is 2.50. The summed E-state index contributed by atoms with van der Waals surface area (Å²) in [6, 6.07) is 13.9. The summed E-state index contributed by atoms with van der Waals surface area (Å²) in [4.78, 5) is 24.7. The van der Waals surface area contributed by atoms with Crippen molar-refractivity contribution in [3.8, 4) is 11.5 Å². The number of carbonyl (C=O) groups excluding carboxylic acids is 2. The molecule has 2 rings (SSSR count). The third-order valence-electron chi connectivity index (χ3n) is 3.58. The molecule has 0 heterocycles. The fourth-order valence-electron chi connectivity index (χ4n) is 2.07. The minimum absolute atomic E-state index is 0. The SMILES string of the molecule is CC(=O)c1ccc(Oc2c[c-]c(C)cc2)c(CN(C)C(C)=O)c1.[Y]. The smallest absolute Gasteiger partial charge is 0.219 e. The molecule has 0 bridgehead atoms. The van der Waals surface area contributed by atoms with E-state index in [1.165, 1.54) is 13.8 Å². The molecule has 0 saturated heterocycles. The zero-order valence-corrected chi connectivity index (χ0v) is 17.3. The van der Waals surface area contributed by atoms with E-state index in [9.17, 15) is 9.59 Å². The van der Waals surface area contributed by atoms with Crippen LogP contribution in [0.1, 0.15) is 35.3 Å². The fourth-order valence-corrected chi connectivity index (χ4v) is 2.07. The number of amides is 1. The van der Waals surface area contributed by atoms with Gasteiger partial charge in [0, 0.05) is 70.1 Å². The van der Waals surface area contributed by atoms with Crippen LogP contribution in [-0.2, 0) is 44.0 Å². The monoisotopic (exact) mass is 399 g/mol. The normalized spacial score (nSPS) is 9.83. The fraction of sp³-hybridized carbons (Fsp3) is 0.263. The van der Waals surface area contributed by atoms with Gasteiger partial charge in [0.1, 0.15) is 5.75 Å². The van der Waals surface area contributed by atoms with E-state index in [0.29, 0.717) is 23.6 Å². The Kier molecular flexibility index (Phi) is 7.78. The van der Waals surface area contributed by atoms with Crippen LogP contribution in [0.4, 0.5) is 0 Å². The number of Topliss-reactive ketones (excluding diaryl/α,β-unsaturated/α-hetero) is 1. The molecule has 2 aromatic carbocycles. The van der Waals surface area contributed by atoms with Gasteiger partial charge in [-0.25, -0.2) is 0 Å². The molecule has 0 N–H and O–H groups in total. The molecule has 1 radical (unpaired) electrons. The second-order valence-electron chi connectivity index (χ2n) is 5.56. The minimum atomic E-state index is -0.0483. The standard InChI is InChI=1S/C19H20NO3.Y/c1-13-5-8-18(9-6-13)23-19-10-7-16(14(2)21)11-17(19)12-20(4)15(3)22;/h5,7-11H,12H2,1-4H3;/q-1;. The number of ketones is 1. The zero-order chi connectivity index (χ0) is 17.0. The molecular weight excluding hydrogens is 379 g/mol. The molecule has 5 heteroatoms. The molecule has 0 aliphatic heterocycles. The maximum atomic E-state index is 11.6. The van der Waals surface area contributed by atoms with Crippen molar-refractivity contribution in [1.82, 2.24) is 4.90 Å². The van der Waals surface area contributed by atoms with Crippen LogP contribution in [0.3, 0.4) is 0 Å². The van der Waals surface area contributed by atoms with Crippen molar-refractivity contribution in [3.05, 3.63) is 59.2 Å². The summed E-state index contributed by atoms with van der Waals surface area (Å²) in [5, 5.41) is 0. The Balaban J connectivity index is 0.00000288. The largest absolute Gasteiger partial charge is 0.516 e. The van der Waals surface area contributed by atoms with E-state index in [4.69, 9.17) is 4.74 Å². The van der Waals surface area contributed by atoms with Gasteiger partial charge in [0.25, 0.3) is 0 Å². The van der Waals surface area contributed by atoms with Crippen molar-refractivity contribution in [2.45, 2.75) is 27.3 Å². The Bertz CT molecular complexity index is 726. The number of ether oxygens (including phenoxy) is 1. The number of carbonyl (C=O) groups is 2. The van der Waals surface area contributed by atoms with Crippen LogP contribution in [0.5, 0.6) is 11.5 Å². The third kappa shape index (κ3) is 5.53. The quantitative estimate of drug-likeness (QED) is 0.568. The first-order chi connectivity index (χ1) is 10.9. The Labute approximate surface area is 168 Å². The number of hydrogen-bond acceptors (Lipinski definition) is 3. The maximum Gasteiger partial charge on any atom is 0.219 e. The second kappa shape index (κ2) is 9.09. The van der Waals surface area contributed by atoms with Crippen molar-refractivity contribution < 1.29 is 47.0 Å². The molecule has 0 fully saturated rings. The molecule has 1 amide bonds. The van der Waals surface area contributed by atoms with Crippen LogP contribution in [-0.4, -0.2) is 23.6 Å². The second-order valence-corrected chi connectivity index (χ2v) is 5.56. The molecule has 0 atom stereocenters. The van der Waals surface area contributed by atoms with E-state index < -0.39 is 0 Å². The predicted octanol–water partition coefficient (Wildman–Crippen LogP) is 3.77. The van der Waals surface area contributed by atoms with Crippen molar-refractivity contribution in [2.75, 3.05) is 7.05 Å². The number of hydrogen-bond donors (Lipinski definition) is 0. The van der Waals surface area contributed by atoms with Crippen LogP contribution in [0, 0.1) is 13.0 Å². The first-order valence-corrected chi connectivity index (χ1v) is 7.38. The third-order valence-corrected chi connectivity index (χ3v) is 3.58. The Morgan fingerprint density at radius 3 is 2.42 bits per heavy atom. The van der Waals surface area contributed by atoms with Crippen LogP contribution >= 0.6 is 0 Å². The molecule has 0 aliphatic rings. The van der Waals surface area contributed by atoms with Crippen molar-refractivity contribution >= 4 is 11.7 Å². The van der Waals surface area contributed by atoms with E-state index in [1.807, 2.05) is 19.1 Å². The molecule has 0 saturated carbocycles. The van der Waals surface area contributed by atoms with Crippen molar-refractivity contribution in [1.29, 1.82) is 0 Å². The van der Waals surface area contributed by atoms with Gasteiger partial charge in [-0.2, -0.15) is 17.7 Å². The topological polar surface area (TPSA) is 46.6 Å². The molecule has 0 aliphatic carbocycles. The first-order valence-electron chi connectivity index (χ1n) is 7.38. The number of aryl methyl sites for hydroxylation is 1. The molecule has 0 aromatic heterocycles. The van der Waals surface area contributed by atoms with Crippen LogP contribution in [0.15, 0.2) is 36.4 Å². The first kappa shape index (κ1) is 20.5. The molecule has 0 spiro atoms.